The Morgan fingerprint density at radius 2 is 1.75 bits per heavy atom. The van der Waals surface area contributed by atoms with Crippen LogP contribution in [0.3, 0.4) is 0 Å². The van der Waals surface area contributed by atoms with Gasteiger partial charge >= 0.3 is 6.18 Å². The standard InChI is InChI=1S/C20H23F3N2O3/c1-3-17(26)24-9-6-19(7-10-24)8-11-25(13-19)18(27)15-5-4-14(20(21,22)23)12-16(15)28-2/h3-5,12H,1,6-11,13H2,2H3. The molecular weight excluding hydrogens is 373 g/mol. The molecule has 3 rings (SSSR count). The van der Waals surface area contributed by atoms with Gasteiger partial charge in [-0.15, -0.1) is 0 Å². The van der Waals surface area contributed by atoms with E-state index >= 15 is 0 Å². The van der Waals surface area contributed by atoms with Crippen molar-refractivity contribution in [1.82, 2.24) is 9.80 Å². The lowest BCUT2D eigenvalue weighted by atomic mass is 9.78. The predicted molar refractivity (Wildman–Crippen MR) is 97.0 cm³/mol. The number of hydrogen-bond donors (Lipinski definition) is 0. The van der Waals surface area contributed by atoms with E-state index in [9.17, 15) is 22.8 Å². The van der Waals surface area contributed by atoms with Crippen LogP contribution in [0, 0.1) is 5.41 Å². The number of likely N-dealkylation sites (tertiary alicyclic amines) is 2. The molecule has 0 radical (unpaired) electrons. The van der Waals surface area contributed by atoms with E-state index < -0.39 is 11.7 Å². The molecule has 28 heavy (non-hydrogen) atoms. The first-order valence-corrected chi connectivity index (χ1v) is 9.15. The average molecular weight is 396 g/mol. The molecule has 0 bridgehead atoms. The van der Waals surface area contributed by atoms with Crippen LogP contribution in [0.1, 0.15) is 35.2 Å². The largest absolute Gasteiger partial charge is 0.496 e. The first-order chi connectivity index (χ1) is 13.2. The molecule has 1 aromatic rings. The zero-order chi connectivity index (χ0) is 20.5. The molecule has 0 unspecified atom stereocenters. The van der Waals surface area contributed by atoms with Crippen molar-refractivity contribution < 1.29 is 27.5 Å². The van der Waals surface area contributed by atoms with Crippen molar-refractivity contribution in [3.63, 3.8) is 0 Å². The quantitative estimate of drug-likeness (QED) is 0.737. The third-order valence-electron chi connectivity index (χ3n) is 5.80. The van der Waals surface area contributed by atoms with Crippen molar-refractivity contribution >= 4 is 11.8 Å². The zero-order valence-electron chi connectivity index (χ0n) is 15.7. The number of hydrogen-bond acceptors (Lipinski definition) is 3. The van der Waals surface area contributed by atoms with E-state index in [2.05, 4.69) is 6.58 Å². The maximum Gasteiger partial charge on any atom is 0.416 e. The van der Waals surface area contributed by atoms with Crippen LogP contribution in [0.5, 0.6) is 5.75 Å². The second-order valence-electron chi connectivity index (χ2n) is 7.42. The van der Waals surface area contributed by atoms with Gasteiger partial charge in [-0.25, -0.2) is 0 Å². The average Bonchev–Trinajstić information content (AvgIpc) is 3.09. The number of methoxy groups -OCH3 is 1. The Morgan fingerprint density at radius 1 is 1.14 bits per heavy atom. The van der Waals surface area contributed by atoms with Crippen LogP contribution in [-0.2, 0) is 11.0 Å². The molecule has 2 aliphatic heterocycles. The molecule has 5 nitrogen and oxygen atoms in total. The van der Waals surface area contributed by atoms with Gasteiger partial charge in [0.1, 0.15) is 5.75 Å². The van der Waals surface area contributed by atoms with E-state index in [1.54, 1.807) is 9.80 Å². The zero-order valence-corrected chi connectivity index (χ0v) is 15.7. The summed E-state index contributed by atoms with van der Waals surface area (Å²) in [6, 6.07) is 2.94. The highest BCUT2D eigenvalue weighted by molar-refractivity contribution is 5.97. The lowest BCUT2D eigenvalue weighted by Gasteiger charge is -2.38. The molecule has 2 saturated heterocycles. The molecule has 2 heterocycles. The second-order valence-corrected chi connectivity index (χ2v) is 7.42. The molecule has 2 fully saturated rings. The van der Waals surface area contributed by atoms with E-state index in [4.69, 9.17) is 4.74 Å². The first kappa shape index (κ1) is 20.2. The lowest BCUT2D eigenvalue weighted by molar-refractivity contribution is -0.137. The van der Waals surface area contributed by atoms with Crippen molar-refractivity contribution in [3.8, 4) is 5.75 Å². The molecule has 1 spiro atoms. The van der Waals surface area contributed by atoms with Gasteiger partial charge in [-0.05, 0) is 49.0 Å². The molecule has 0 aliphatic carbocycles. The smallest absolute Gasteiger partial charge is 0.416 e. The maximum atomic E-state index is 12.9. The van der Waals surface area contributed by atoms with Gasteiger partial charge in [-0.3, -0.25) is 9.59 Å². The van der Waals surface area contributed by atoms with E-state index in [0.29, 0.717) is 26.2 Å². The summed E-state index contributed by atoms with van der Waals surface area (Å²) in [7, 11) is 1.25. The fourth-order valence-corrected chi connectivity index (χ4v) is 4.06. The van der Waals surface area contributed by atoms with Crippen LogP contribution in [0.25, 0.3) is 0 Å². The van der Waals surface area contributed by atoms with Crippen LogP contribution >= 0.6 is 0 Å². The van der Waals surface area contributed by atoms with E-state index in [-0.39, 0.29) is 28.5 Å². The van der Waals surface area contributed by atoms with Gasteiger partial charge in [0.25, 0.3) is 5.91 Å². The predicted octanol–water partition coefficient (Wildman–Crippen LogP) is 3.35. The summed E-state index contributed by atoms with van der Waals surface area (Å²) in [5.41, 5.74) is -0.767. The van der Waals surface area contributed by atoms with Gasteiger partial charge in [0.05, 0.1) is 18.2 Å². The minimum Gasteiger partial charge on any atom is -0.496 e. The highest BCUT2D eigenvalue weighted by Crippen LogP contribution is 2.41. The number of amides is 2. The third kappa shape index (κ3) is 3.86. The van der Waals surface area contributed by atoms with Crippen LogP contribution in [0.15, 0.2) is 30.9 Å². The molecule has 8 heteroatoms. The van der Waals surface area contributed by atoms with Crippen molar-refractivity contribution in [2.45, 2.75) is 25.4 Å². The number of benzene rings is 1. The SMILES string of the molecule is C=CC(=O)N1CCC2(CC1)CCN(C(=O)c1ccc(C(F)(F)F)cc1OC)C2. The molecule has 0 aromatic heterocycles. The third-order valence-corrected chi connectivity index (χ3v) is 5.80. The van der Waals surface area contributed by atoms with Gasteiger partial charge < -0.3 is 14.5 Å². The number of rotatable bonds is 3. The first-order valence-electron chi connectivity index (χ1n) is 9.15. The summed E-state index contributed by atoms with van der Waals surface area (Å²) in [5, 5.41) is 0. The molecule has 152 valence electrons. The number of nitrogens with zero attached hydrogens (tertiary/aromatic N) is 2. The fourth-order valence-electron chi connectivity index (χ4n) is 4.06. The minimum absolute atomic E-state index is 0.0489. The summed E-state index contributed by atoms with van der Waals surface area (Å²) < 4.78 is 43.8. The molecule has 1 aromatic carbocycles. The topological polar surface area (TPSA) is 49.9 Å². The van der Waals surface area contributed by atoms with Gasteiger partial charge in [0.15, 0.2) is 0 Å². The highest BCUT2D eigenvalue weighted by Gasteiger charge is 2.43. The van der Waals surface area contributed by atoms with Crippen molar-refractivity contribution in [2.24, 2.45) is 5.41 Å². The summed E-state index contributed by atoms with van der Waals surface area (Å²) in [5.74, 6) is -0.491. The Labute approximate surface area is 161 Å². The van der Waals surface area contributed by atoms with E-state index in [1.165, 1.54) is 19.3 Å². The summed E-state index contributed by atoms with van der Waals surface area (Å²) >= 11 is 0. The Bertz CT molecular complexity index is 783. The van der Waals surface area contributed by atoms with Crippen molar-refractivity contribution in [3.05, 3.63) is 42.0 Å². The normalized spacial score (nSPS) is 19.0. The molecular formula is C20H23F3N2O3. The van der Waals surface area contributed by atoms with Gasteiger partial charge in [0.2, 0.25) is 5.91 Å². The number of carbonyl (C=O) groups excluding carboxylic acids is 2. The fraction of sp³-hybridized carbons (Fsp3) is 0.500. The monoisotopic (exact) mass is 396 g/mol. The lowest BCUT2D eigenvalue weighted by Crippen LogP contribution is -2.44. The van der Waals surface area contributed by atoms with Crippen LogP contribution in [0.4, 0.5) is 13.2 Å². The number of ether oxygens (including phenoxy) is 1. The minimum atomic E-state index is -4.50. The molecule has 0 atom stereocenters. The number of carbonyl (C=O) groups is 2. The number of halogens is 3. The van der Waals surface area contributed by atoms with E-state index in [1.807, 2.05) is 0 Å². The summed E-state index contributed by atoms with van der Waals surface area (Å²) in [6.45, 7) is 5.82. The van der Waals surface area contributed by atoms with Crippen LogP contribution in [0.2, 0.25) is 0 Å². The van der Waals surface area contributed by atoms with Crippen LogP contribution < -0.4 is 4.74 Å². The Hall–Kier alpha value is -2.51. The van der Waals surface area contributed by atoms with E-state index in [0.717, 1.165) is 31.4 Å². The summed E-state index contributed by atoms with van der Waals surface area (Å²) in [6.07, 6.45) is -0.790. The molecule has 0 N–H and O–H groups in total. The second kappa shape index (κ2) is 7.48. The van der Waals surface area contributed by atoms with Gasteiger partial charge in [-0.2, -0.15) is 13.2 Å². The van der Waals surface area contributed by atoms with Gasteiger partial charge in [-0.1, -0.05) is 6.58 Å². The molecule has 0 saturated carbocycles. The van der Waals surface area contributed by atoms with Crippen molar-refractivity contribution in [2.75, 3.05) is 33.3 Å². The molecule has 2 amide bonds. The summed E-state index contributed by atoms with van der Waals surface area (Å²) in [4.78, 5) is 28.1. The van der Waals surface area contributed by atoms with Gasteiger partial charge in [0, 0.05) is 26.2 Å². The Morgan fingerprint density at radius 3 is 2.29 bits per heavy atom. The Kier molecular flexibility index (Phi) is 5.41. The van der Waals surface area contributed by atoms with Crippen LogP contribution in [-0.4, -0.2) is 54.9 Å². The maximum absolute atomic E-state index is 12.9. The van der Waals surface area contributed by atoms with Crippen molar-refractivity contribution in [1.29, 1.82) is 0 Å². The number of alkyl halides is 3. The number of piperidine rings is 1. The highest BCUT2D eigenvalue weighted by atomic mass is 19.4. The molecule has 2 aliphatic rings. The Balaban J connectivity index is 1.71.